The summed E-state index contributed by atoms with van der Waals surface area (Å²) in [6.07, 6.45) is -2.60. The molecular weight excluding hydrogens is 597 g/mol. The number of benzene rings is 2. The summed E-state index contributed by atoms with van der Waals surface area (Å²) < 4.78 is 76.5. The topological polar surface area (TPSA) is 80.6 Å². The number of anilines is 1. The predicted octanol–water partition coefficient (Wildman–Crippen LogP) is 6.05. The van der Waals surface area contributed by atoms with Gasteiger partial charge in [-0.05, 0) is 62.1 Å². The smallest absolute Gasteiger partial charge is 0.419 e. The van der Waals surface area contributed by atoms with E-state index in [0.717, 1.165) is 6.07 Å². The predicted molar refractivity (Wildman–Crippen MR) is 154 cm³/mol. The summed E-state index contributed by atoms with van der Waals surface area (Å²) in [5.74, 6) is -2.28. The number of rotatable bonds is 5. The molecule has 2 amide bonds. The molecule has 0 radical (unpaired) electrons. The minimum atomic E-state index is -4.95. The number of alkyl halides is 3. The summed E-state index contributed by atoms with van der Waals surface area (Å²) in [6, 6.07) is 8.78. The van der Waals surface area contributed by atoms with Crippen molar-refractivity contribution in [2.75, 3.05) is 25.1 Å². The highest BCUT2D eigenvalue weighted by atomic mass is 19.4. The summed E-state index contributed by atoms with van der Waals surface area (Å²) in [4.78, 5) is 33.9. The number of fused-ring (bicyclic) bond motifs is 1. The average Bonchev–Trinajstić information content (AvgIpc) is 3.55. The van der Waals surface area contributed by atoms with Crippen LogP contribution < -0.4 is 9.64 Å². The van der Waals surface area contributed by atoms with Crippen LogP contribution in [0.5, 0.6) is 5.88 Å². The second-order valence-electron chi connectivity index (χ2n) is 11.2. The number of piperidine rings is 1. The third-order valence-electron chi connectivity index (χ3n) is 8.40. The maximum absolute atomic E-state index is 15.1. The molecule has 4 heterocycles. The van der Waals surface area contributed by atoms with Crippen LogP contribution in [0.3, 0.4) is 0 Å². The Kier molecular flexibility index (Phi) is 7.58. The lowest BCUT2D eigenvalue weighted by Gasteiger charge is -2.37. The molecule has 0 unspecified atom stereocenters. The number of hydrogen-bond acceptors (Lipinski definition) is 5. The zero-order valence-electron chi connectivity index (χ0n) is 24.6. The molecule has 1 fully saturated rings. The molecule has 234 valence electrons. The number of halogens is 5. The number of aromatic nitrogens is 3. The third-order valence-corrected chi connectivity index (χ3v) is 8.40. The number of aryl methyl sites for hydroxylation is 1. The fourth-order valence-electron chi connectivity index (χ4n) is 6.10. The first kappa shape index (κ1) is 30.2. The van der Waals surface area contributed by atoms with Crippen LogP contribution in [-0.2, 0) is 17.4 Å². The molecule has 0 N–H and O–H groups in total. The Bertz CT molecular complexity index is 1830. The Morgan fingerprint density at radius 2 is 1.76 bits per heavy atom. The molecule has 2 aromatic heterocycles. The van der Waals surface area contributed by atoms with E-state index in [1.807, 2.05) is 0 Å². The number of ether oxygens (including phenoxy) is 1. The third kappa shape index (κ3) is 5.29. The molecule has 0 atom stereocenters. The normalized spacial score (nSPS) is 15.5. The van der Waals surface area contributed by atoms with Crippen LogP contribution in [0.1, 0.15) is 45.6 Å². The van der Waals surface area contributed by atoms with Gasteiger partial charge in [-0.15, -0.1) is 0 Å². The maximum atomic E-state index is 15.1. The average molecular weight is 626 g/mol. The standard InChI is InChI=1S/C32H28F5N5O3/c1-17-4-5-19-15-26(43)41(30(19)27(17)34)21-9-12-40(13-10-21)31(44)28-18(2)29(20-8-11-38-25(14-20)45-3)42(39-28)22-6-7-24(33)23(16-22)32(35,36)37/h4-8,11,14,16,21H,9-10,12-13,15H2,1-3H3. The lowest BCUT2D eigenvalue weighted by molar-refractivity contribution is -0.140. The van der Waals surface area contributed by atoms with Gasteiger partial charge < -0.3 is 14.5 Å². The van der Waals surface area contributed by atoms with Crippen LogP contribution in [0.2, 0.25) is 0 Å². The highest BCUT2D eigenvalue weighted by Gasteiger charge is 2.39. The summed E-state index contributed by atoms with van der Waals surface area (Å²) in [5.41, 5.74) is 0.968. The molecule has 2 aliphatic rings. The van der Waals surface area contributed by atoms with Gasteiger partial charge in [0.15, 0.2) is 5.69 Å². The van der Waals surface area contributed by atoms with Gasteiger partial charge in [0.25, 0.3) is 5.91 Å². The highest BCUT2D eigenvalue weighted by molar-refractivity contribution is 6.02. The van der Waals surface area contributed by atoms with E-state index in [2.05, 4.69) is 10.1 Å². The van der Waals surface area contributed by atoms with Crippen molar-refractivity contribution in [3.8, 4) is 22.8 Å². The first-order chi connectivity index (χ1) is 21.4. The Morgan fingerprint density at radius 3 is 2.44 bits per heavy atom. The molecule has 2 aliphatic heterocycles. The number of carbonyl (C=O) groups is 2. The molecule has 0 bridgehead atoms. The molecule has 2 aromatic carbocycles. The fourth-order valence-corrected chi connectivity index (χ4v) is 6.10. The van der Waals surface area contributed by atoms with Crippen molar-refractivity contribution in [3.63, 3.8) is 0 Å². The van der Waals surface area contributed by atoms with E-state index in [-0.39, 0.29) is 48.7 Å². The maximum Gasteiger partial charge on any atom is 0.419 e. The summed E-state index contributed by atoms with van der Waals surface area (Å²) in [6.45, 7) is 3.77. The minimum Gasteiger partial charge on any atom is -0.481 e. The monoisotopic (exact) mass is 625 g/mol. The molecule has 0 spiro atoms. The number of nitrogens with zero attached hydrogens (tertiary/aromatic N) is 5. The first-order valence-corrected chi connectivity index (χ1v) is 14.3. The molecule has 6 rings (SSSR count). The van der Waals surface area contributed by atoms with E-state index in [1.165, 1.54) is 22.9 Å². The molecule has 0 saturated carbocycles. The van der Waals surface area contributed by atoms with Crippen LogP contribution in [0.15, 0.2) is 48.7 Å². The van der Waals surface area contributed by atoms with Gasteiger partial charge in [-0.25, -0.2) is 18.4 Å². The summed E-state index contributed by atoms with van der Waals surface area (Å²) >= 11 is 0. The van der Waals surface area contributed by atoms with Crippen molar-refractivity contribution in [1.29, 1.82) is 0 Å². The Hall–Kier alpha value is -4.81. The van der Waals surface area contributed by atoms with Crippen molar-refractivity contribution in [2.24, 2.45) is 0 Å². The number of hydrogen-bond donors (Lipinski definition) is 0. The number of pyridine rings is 1. The number of carbonyl (C=O) groups excluding carboxylic acids is 2. The van der Waals surface area contributed by atoms with Crippen LogP contribution in [0.4, 0.5) is 27.6 Å². The van der Waals surface area contributed by atoms with Crippen LogP contribution in [0.25, 0.3) is 16.9 Å². The van der Waals surface area contributed by atoms with E-state index in [1.54, 1.807) is 43.0 Å². The highest BCUT2D eigenvalue weighted by Crippen LogP contribution is 2.38. The van der Waals surface area contributed by atoms with Crippen molar-refractivity contribution in [3.05, 3.63) is 88.2 Å². The van der Waals surface area contributed by atoms with Gasteiger partial charge in [0.1, 0.15) is 11.6 Å². The molecule has 45 heavy (non-hydrogen) atoms. The largest absolute Gasteiger partial charge is 0.481 e. The van der Waals surface area contributed by atoms with E-state index >= 15 is 4.39 Å². The zero-order valence-corrected chi connectivity index (χ0v) is 24.6. The van der Waals surface area contributed by atoms with Gasteiger partial charge >= 0.3 is 6.18 Å². The summed E-state index contributed by atoms with van der Waals surface area (Å²) in [5, 5.41) is 4.46. The van der Waals surface area contributed by atoms with E-state index in [0.29, 0.717) is 58.6 Å². The SMILES string of the molecule is COc1cc(-c2c(C)c(C(=O)N3CCC(N4C(=O)Cc5ccc(C)c(F)c54)CC3)nn2-c2ccc(F)c(C(F)(F)F)c2)ccn1. The van der Waals surface area contributed by atoms with Gasteiger partial charge in [-0.1, -0.05) is 12.1 Å². The fraction of sp³-hybridized carbons (Fsp3) is 0.312. The minimum absolute atomic E-state index is 0.00127. The lowest BCUT2D eigenvalue weighted by Crippen LogP contribution is -2.48. The van der Waals surface area contributed by atoms with Crippen molar-refractivity contribution in [2.45, 2.75) is 45.3 Å². The summed E-state index contributed by atoms with van der Waals surface area (Å²) in [7, 11) is 1.41. The van der Waals surface area contributed by atoms with Gasteiger partial charge in [-0.2, -0.15) is 18.3 Å². The zero-order chi connectivity index (χ0) is 32.2. The van der Waals surface area contributed by atoms with Crippen molar-refractivity contribution >= 4 is 17.5 Å². The number of methoxy groups -OCH3 is 1. The van der Waals surface area contributed by atoms with Gasteiger partial charge in [-0.3, -0.25) is 9.59 Å². The molecule has 13 heteroatoms. The molecular formula is C32H28F5N5O3. The van der Waals surface area contributed by atoms with E-state index in [9.17, 15) is 27.2 Å². The van der Waals surface area contributed by atoms with Crippen LogP contribution in [-0.4, -0.2) is 57.7 Å². The Balaban J connectivity index is 1.33. The van der Waals surface area contributed by atoms with Gasteiger partial charge in [0.05, 0.1) is 36.2 Å². The molecule has 0 aliphatic carbocycles. The van der Waals surface area contributed by atoms with Crippen molar-refractivity contribution in [1.82, 2.24) is 19.7 Å². The second-order valence-corrected chi connectivity index (χ2v) is 11.2. The first-order valence-electron chi connectivity index (χ1n) is 14.3. The molecule has 1 saturated heterocycles. The van der Waals surface area contributed by atoms with E-state index in [4.69, 9.17) is 4.74 Å². The molecule has 4 aromatic rings. The lowest BCUT2D eigenvalue weighted by atomic mass is 10.0. The van der Waals surface area contributed by atoms with Crippen LogP contribution >= 0.6 is 0 Å². The molecule has 8 nitrogen and oxygen atoms in total. The Labute approximate surface area is 255 Å². The second kappa shape index (κ2) is 11.3. The quantitative estimate of drug-likeness (QED) is 0.253. The number of amides is 2. The van der Waals surface area contributed by atoms with Crippen LogP contribution in [0, 0.1) is 25.5 Å². The van der Waals surface area contributed by atoms with Gasteiger partial charge in [0.2, 0.25) is 11.8 Å². The number of likely N-dealkylation sites (tertiary alicyclic amines) is 1. The van der Waals surface area contributed by atoms with Gasteiger partial charge in [0, 0.05) is 42.5 Å². The Morgan fingerprint density at radius 1 is 1.02 bits per heavy atom. The van der Waals surface area contributed by atoms with E-state index < -0.39 is 29.3 Å². The van der Waals surface area contributed by atoms with Crippen molar-refractivity contribution < 1.29 is 36.3 Å².